The lowest BCUT2D eigenvalue weighted by atomic mass is 10.2. The molecule has 1 fully saturated rings. The number of nitrogens with one attached hydrogen (secondary N) is 1. The first kappa shape index (κ1) is 13.3. The van der Waals surface area contributed by atoms with Crippen LogP contribution >= 0.6 is 0 Å². The maximum atomic E-state index is 13.0. The fourth-order valence-electron chi connectivity index (χ4n) is 2.27. The van der Waals surface area contributed by atoms with Crippen LogP contribution in [0, 0.1) is 5.82 Å². The van der Waals surface area contributed by atoms with Crippen LogP contribution in [0.1, 0.15) is 31.2 Å². The number of hydrogen-bond donors (Lipinski definition) is 2. The molecule has 0 unspecified atom stereocenters. The van der Waals surface area contributed by atoms with E-state index >= 15 is 0 Å². The summed E-state index contributed by atoms with van der Waals surface area (Å²) in [5.74, 6) is -0.201. The maximum absolute atomic E-state index is 13.0. The summed E-state index contributed by atoms with van der Waals surface area (Å²) in [4.78, 5) is 0. The van der Waals surface area contributed by atoms with Gasteiger partial charge in [0.1, 0.15) is 11.6 Å². The second-order valence-electron chi connectivity index (χ2n) is 4.73. The molecule has 0 heterocycles. The monoisotopic (exact) mass is 253 g/mol. The summed E-state index contributed by atoms with van der Waals surface area (Å²) in [7, 11) is 0. The lowest BCUT2D eigenvalue weighted by molar-refractivity contribution is 0.0602. The van der Waals surface area contributed by atoms with E-state index in [2.05, 4.69) is 5.32 Å². The first-order valence-electron chi connectivity index (χ1n) is 6.55. The predicted octanol–water partition coefficient (Wildman–Crippen LogP) is 2.58. The highest BCUT2D eigenvalue weighted by Gasteiger charge is 2.14. The van der Waals surface area contributed by atoms with Crippen LogP contribution in [0.2, 0.25) is 0 Å². The third-order valence-corrected chi connectivity index (χ3v) is 3.29. The Bertz CT molecular complexity index is 378. The van der Waals surface area contributed by atoms with Gasteiger partial charge in [-0.05, 0) is 31.0 Å². The molecule has 0 aromatic heterocycles. The van der Waals surface area contributed by atoms with Crippen molar-refractivity contribution in [1.82, 2.24) is 5.32 Å². The predicted molar refractivity (Wildman–Crippen MR) is 68.0 cm³/mol. The highest BCUT2D eigenvalue weighted by molar-refractivity contribution is 5.32. The van der Waals surface area contributed by atoms with Crippen molar-refractivity contribution in [2.45, 2.75) is 38.3 Å². The Morgan fingerprint density at radius 3 is 2.89 bits per heavy atom. The first-order chi connectivity index (χ1) is 8.75. The zero-order chi connectivity index (χ0) is 12.8. The Labute approximate surface area is 107 Å². The van der Waals surface area contributed by atoms with Gasteiger partial charge in [0.25, 0.3) is 0 Å². The summed E-state index contributed by atoms with van der Waals surface area (Å²) in [6, 6.07) is 3.98. The molecule has 0 atom stereocenters. The Hall–Kier alpha value is -1.13. The van der Waals surface area contributed by atoms with Gasteiger partial charge >= 0.3 is 0 Å². The van der Waals surface area contributed by atoms with E-state index in [0.29, 0.717) is 31.4 Å². The molecule has 1 aliphatic carbocycles. The number of phenolic OH excluding ortho intramolecular Hbond substituents is 1. The second-order valence-corrected chi connectivity index (χ2v) is 4.73. The van der Waals surface area contributed by atoms with Crippen molar-refractivity contribution in [3.63, 3.8) is 0 Å². The van der Waals surface area contributed by atoms with Crippen molar-refractivity contribution in [2.75, 3.05) is 13.2 Å². The van der Waals surface area contributed by atoms with E-state index in [4.69, 9.17) is 4.74 Å². The topological polar surface area (TPSA) is 41.5 Å². The SMILES string of the molecule is Oc1ccc(F)cc1CNCCOC1CCCC1. The van der Waals surface area contributed by atoms with Crippen molar-refractivity contribution in [2.24, 2.45) is 0 Å². The van der Waals surface area contributed by atoms with Crippen molar-refractivity contribution in [1.29, 1.82) is 0 Å². The van der Waals surface area contributed by atoms with E-state index in [9.17, 15) is 9.50 Å². The Kier molecular flexibility index (Phi) is 4.96. The summed E-state index contributed by atoms with van der Waals surface area (Å²) < 4.78 is 18.7. The summed E-state index contributed by atoms with van der Waals surface area (Å²) in [6.07, 6.45) is 5.31. The van der Waals surface area contributed by atoms with Gasteiger partial charge < -0.3 is 15.2 Å². The van der Waals surface area contributed by atoms with Crippen LogP contribution in [-0.2, 0) is 11.3 Å². The molecule has 2 rings (SSSR count). The van der Waals surface area contributed by atoms with E-state index in [0.717, 1.165) is 0 Å². The number of hydrogen-bond acceptors (Lipinski definition) is 3. The molecule has 4 heteroatoms. The van der Waals surface area contributed by atoms with Crippen LogP contribution in [0.5, 0.6) is 5.75 Å². The van der Waals surface area contributed by atoms with Gasteiger partial charge in [-0.2, -0.15) is 0 Å². The van der Waals surface area contributed by atoms with Crippen molar-refractivity contribution in [3.8, 4) is 5.75 Å². The van der Waals surface area contributed by atoms with Crippen LogP contribution in [0.15, 0.2) is 18.2 Å². The highest BCUT2D eigenvalue weighted by atomic mass is 19.1. The van der Waals surface area contributed by atoms with Crippen LogP contribution in [-0.4, -0.2) is 24.4 Å². The minimum absolute atomic E-state index is 0.126. The number of aromatic hydroxyl groups is 1. The first-order valence-corrected chi connectivity index (χ1v) is 6.55. The Morgan fingerprint density at radius 2 is 2.11 bits per heavy atom. The molecule has 0 spiro atoms. The molecule has 1 aromatic rings. The molecule has 1 aliphatic rings. The normalized spacial score (nSPS) is 16.3. The van der Waals surface area contributed by atoms with E-state index in [1.165, 1.54) is 43.9 Å². The highest BCUT2D eigenvalue weighted by Crippen LogP contribution is 2.20. The lowest BCUT2D eigenvalue weighted by Gasteiger charge is -2.11. The number of benzene rings is 1. The van der Waals surface area contributed by atoms with Gasteiger partial charge in [-0.3, -0.25) is 0 Å². The Morgan fingerprint density at radius 1 is 1.33 bits per heavy atom. The van der Waals surface area contributed by atoms with Crippen LogP contribution < -0.4 is 5.32 Å². The number of phenols is 1. The molecule has 0 aliphatic heterocycles. The van der Waals surface area contributed by atoms with E-state index in [1.807, 2.05) is 0 Å². The molecule has 0 bridgehead atoms. The average Bonchev–Trinajstić information content (AvgIpc) is 2.86. The molecule has 1 saturated carbocycles. The van der Waals surface area contributed by atoms with Crippen LogP contribution in [0.3, 0.4) is 0 Å². The molecule has 3 nitrogen and oxygen atoms in total. The van der Waals surface area contributed by atoms with Gasteiger partial charge in [0.15, 0.2) is 0 Å². The smallest absolute Gasteiger partial charge is 0.123 e. The van der Waals surface area contributed by atoms with Crippen LogP contribution in [0.25, 0.3) is 0 Å². The molecule has 1 aromatic carbocycles. The van der Waals surface area contributed by atoms with Crippen molar-refractivity contribution < 1.29 is 14.2 Å². The lowest BCUT2D eigenvalue weighted by Crippen LogP contribution is -2.22. The fraction of sp³-hybridized carbons (Fsp3) is 0.571. The van der Waals surface area contributed by atoms with Crippen molar-refractivity contribution in [3.05, 3.63) is 29.6 Å². The molecule has 0 amide bonds. The third kappa shape index (κ3) is 3.96. The van der Waals surface area contributed by atoms with E-state index < -0.39 is 0 Å². The summed E-state index contributed by atoms with van der Waals surface area (Å²) in [6.45, 7) is 1.84. The molecule has 0 saturated heterocycles. The van der Waals surface area contributed by atoms with Gasteiger partial charge in [0, 0.05) is 18.7 Å². The molecular formula is C14H20FNO2. The van der Waals surface area contributed by atoms with Gasteiger partial charge in [-0.25, -0.2) is 4.39 Å². The standard InChI is InChI=1S/C14H20FNO2/c15-12-5-6-14(17)11(9-12)10-16-7-8-18-13-3-1-2-4-13/h5-6,9,13,16-17H,1-4,7-8,10H2. The number of rotatable bonds is 6. The largest absolute Gasteiger partial charge is 0.508 e. The van der Waals surface area contributed by atoms with Crippen LogP contribution in [0.4, 0.5) is 4.39 Å². The maximum Gasteiger partial charge on any atom is 0.123 e. The Balaban J connectivity index is 1.64. The van der Waals surface area contributed by atoms with Gasteiger partial charge in [0.2, 0.25) is 0 Å². The zero-order valence-corrected chi connectivity index (χ0v) is 10.5. The van der Waals surface area contributed by atoms with E-state index in [1.54, 1.807) is 0 Å². The van der Waals surface area contributed by atoms with Gasteiger partial charge in [-0.15, -0.1) is 0 Å². The van der Waals surface area contributed by atoms with Gasteiger partial charge in [0.05, 0.1) is 12.7 Å². The summed E-state index contributed by atoms with van der Waals surface area (Å²) in [5, 5.41) is 12.7. The quantitative estimate of drug-likeness (QED) is 0.766. The molecular weight excluding hydrogens is 233 g/mol. The third-order valence-electron chi connectivity index (χ3n) is 3.29. The number of halogens is 1. The van der Waals surface area contributed by atoms with Gasteiger partial charge in [-0.1, -0.05) is 12.8 Å². The summed E-state index contributed by atoms with van der Waals surface area (Å²) in [5.41, 5.74) is 0.580. The zero-order valence-electron chi connectivity index (χ0n) is 10.5. The number of ether oxygens (including phenoxy) is 1. The molecule has 100 valence electrons. The van der Waals surface area contributed by atoms with Crippen molar-refractivity contribution >= 4 is 0 Å². The summed E-state index contributed by atoms with van der Waals surface area (Å²) >= 11 is 0. The fourth-order valence-corrected chi connectivity index (χ4v) is 2.27. The van der Waals surface area contributed by atoms with E-state index in [-0.39, 0.29) is 11.6 Å². The average molecular weight is 253 g/mol. The molecule has 18 heavy (non-hydrogen) atoms. The molecule has 2 N–H and O–H groups in total. The minimum atomic E-state index is -0.327. The second kappa shape index (κ2) is 6.71. The molecule has 0 radical (unpaired) electrons. The minimum Gasteiger partial charge on any atom is -0.508 e.